The fourth-order valence-electron chi connectivity index (χ4n) is 1.09. The highest BCUT2D eigenvalue weighted by Gasteiger charge is 1.95. The highest BCUT2D eigenvalue weighted by molar-refractivity contribution is 5.07. The molecule has 0 aromatic carbocycles. The molecular formula is C10H21N. The second-order valence-corrected chi connectivity index (χ2v) is 3.16. The van der Waals surface area contributed by atoms with E-state index in [0.717, 1.165) is 18.5 Å². The summed E-state index contributed by atoms with van der Waals surface area (Å²) < 4.78 is 0. The summed E-state index contributed by atoms with van der Waals surface area (Å²) in [4.78, 5) is 0. The Morgan fingerprint density at radius 1 is 1.09 bits per heavy atom. The molecule has 66 valence electrons. The lowest BCUT2D eigenvalue weighted by molar-refractivity contribution is 0.764. The molecule has 1 nitrogen and oxygen atoms in total. The van der Waals surface area contributed by atoms with Crippen molar-refractivity contribution < 1.29 is 0 Å². The van der Waals surface area contributed by atoms with Gasteiger partial charge in [-0.1, -0.05) is 32.3 Å². The lowest BCUT2D eigenvalue weighted by Crippen LogP contribution is -2.00. The molecular weight excluding hydrogens is 134 g/mol. The van der Waals surface area contributed by atoms with E-state index < -0.39 is 0 Å². The van der Waals surface area contributed by atoms with E-state index in [4.69, 9.17) is 5.73 Å². The van der Waals surface area contributed by atoms with Crippen LogP contribution in [0.25, 0.3) is 0 Å². The molecule has 0 aliphatic heterocycles. The average Bonchev–Trinajstić information content (AvgIpc) is 2.00. The molecule has 0 fully saturated rings. The van der Waals surface area contributed by atoms with E-state index in [9.17, 15) is 0 Å². The van der Waals surface area contributed by atoms with Gasteiger partial charge in [-0.2, -0.15) is 0 Å². The molecule has 0 saturated carbocycles. The molecule has 0 aliphatic carbocycles. The summed E-state index contributed by atoms with van der Waals surface area (Å²) in [6.07, 6.45) is 5.94. The van der Waals surface area contributed by atoms with Crippen LogP contribution in [0.2, 0.25) is 0 Å². The van der Waals surface area contributed by atoms with Crippen LogP contribution >= 0.6 is 0 Å². The van der Waals surface area contributed by atoms with Crippen LogP contribution in [0.3, 0.4) is 0 Å². The van der Waals surface area contributed by atoms with Crippen molar-refractivity contribution in [3.63, 3.8) is 0 Å². The first-order valence-electron chi connectivity index (χ1n) is 4.66. The zero-order valence-corrected chi connectivity index (χ0v) is 8.11. The van der Waals surface area contributed by atoms with Gasteiger partial charge in [-0.25, -0.2) is 0 Å². The Labute approximate surface area is 70.7 Å². The van der Waals surface area contributed by atoms with Crippen molar-refractivity contribution >= 4 is 0 Å². The van der Waals surface area contributed by atoms with E-state index in [-0.39, 0.29) is 0 Å². The summed E-state index contributed by atoms with van der Waals surface area (Å²) in [5.74, 6) is 0. The molecule has 0 rings (SSSR count). The van der Waals surface area contributed by atoms with Crippen LogP contribution in [0.4, 0.5) is 0 Å². The van der Waals surface area contributed by atoms with E-state index in [2.05, 4.69) is 20.8 Å². The van der Waals surface area contributed by atoms with E-state index in [1.807, 2.05) is 0 Å². The number of hydrogen-bond acceptors (Lipinski definition) is 1. The van der Waals surface area contributed by atoms with Gasteiger partial charge in [0.05, 0.1) is 0 Å². The fraction of sp³-hybridized carbons (Fsp3) is 0.800. The fourth-order valence-corrected chi connectivity index (χ4v) is 1.09. The summed E-state index contributed by atoms with van der Waals surface area (Å²) in [6, 6.07) is 0. The Morgan fingerprint density at radius 3 is 2.18 bits per heavy atom. The summed E-state index contributed by atoms with van der Waals surface area (Å²) >= 11 is 0. The maximum atomic E-state index is 5.85. The van der Waals surface area contributed by atoms with Gasteiger partial charge in [-0.3, -0.25) is 0 Å². The molecule has 0 saturated heterocycles. The number of rotatable bonds is 5. The van der Waals surface area contributed by atoms with Gasteiger partial charge in [0.25, 0.3) is 0 Å². The first kappa shape index (κ1) is 10.5. The molecule has 0 bridgehead atoms. The Balaban J connectivity index is 3.73. The molecule has 0 amide bonds. The van der Waals surface area contributed by atoms with E-state index in [0.29, 0.717) is 0 Å². The summed E-state index contributed by atoms with van der Waals surface area (Å²) in [5.41, 5.74) is 8.36. The minimum Gasteiger partial charge on any atom is -0.402 e. The van der Waals surface area contributed by atoms with Crippen LogP contribution in [0.5, 0.6) is 0 Å². The van der Waals surface area contributed by atoms with Gasteiger partial charge in [0.15, 0.2) is 0 Å². The maximum absolute atomic E-state index is 5.85. The van der Waals surface area contributed by atoms with Crippen molar-refractivity contribution in [3.8, 4) is 0 Å². The van der Waals surface area contributed by atoms with Crippen LogP contribution < -0.4 is 5.73 Å². The first-order valence-corrected chi connectivity index (χ1v) is 4.66. The van der Waals surface area contributed by atoms with Crippen LogP contribution in [0.1, 0.15) is 52.9 Å². The van der Waals surface area contributed by atoms with Crippen LogP contribution in [0, 0.1) is 0 Å². The van der Waals surface area contributed by atoms with Crippen molar-refractivity contribution in [3.05, 3.63) is 11.3 Å². The van der Waals surface area contributed by atoms with Crippen molar-refractivity contribution in [2.75, 3.05) is 0 Å². The predicted molar refractivity (Wildman–Crippen MR) is 51.3 cm³/mol. The third-order valence-electron chi connectivity index (χ3n) is 1.97. The standard InChI is InChI=1S/C10H21N/c1-4-6-8-9(3)10(11)7-5-2/h4-8,11H2,1-3H3/b10-9+. The Kier molecular flexibility index (Phi) is 6.00. The zero-order chi connectivity index (χ0) is 8.69. The number of nitrogens with two attached hydrogens (primary N) is 1. The minimum absolute atomic E-state index is 1.07. The maximum Gasteiger partial charge on any atom is 0.00694 e. The third kappa shape index (κ3) is 4.88. The molecule has 0 aromatic heterocycles. The molecule has 0 atom stereocenters. The van der Waals surface area contributed by atoms with Gasteiger partial charge in [-0.15, -0.1) is 0 Å². The highest BCUT2D eigenvalue weighted by atomic mass is 14.6. The van der Waals surface area contributed by atoms with Crippen LogP contribution in [-0.2, 0) is 0 Å². The second kappa shape index (κ2) is 6.26. The topological polar surface area (TPSA) is 26.0 Å². The molecule has 0 aromatic rings. The second-order valence-electron chi connectivity index (χ2n) is 3.16. The lowest BCUT2D eigenvalue weighted by Gasteiger charge is -2.05. The first-order chi connectivity index (χ1) is 5.22. The predicted octanol–water partition coefficient (Wildman–Crippen LogP) is 3.21. The van der Waals surface area contributed by atoms with Crippen LogP contribution in [0.15, 0.2) is 11.3 Å². The summed E-state index contributed by atoms with van der Waals surface area (Å²) in [7, 11) is 0. The lowest BCUT2D eigenvalue weighted by atomic mass is 10.1. The van der Waals surface area contributed by atoms with Crippen molar-refractivity contribution in [2.45, 2.75) is 52.9 Å². The molecule has 0 spiro atoms. The van der Waals surface area contributed by atoms with Gasteiger partial charge in [0.1, 0.15) is 0 Å². The highest BCUT2D eigenvalue weighted by Crippen LogP contribution is 2.11. The normalized spacial score (nSPS) is 13.0. The number of unbranched alkanes of at least 4 members (excludes halogenated alkanes) is 1. The van der Waals surface area contributed by atoms with Crippen molar-refractivity contribution in [2.24, 2.45) is 5.73 Å². The van der Waals surface area contributed by atoms with Gasteiger partial charge in [0, 0.05) is 5.70 Å². The summed E-state index contributed by atoms with van der Waals surface area (Å²) in [6.45, 7) is 6.53. The SMILES string of the molecule is CCCC/C(C)=C(/N)CCC. The monoisotopic (exact) mass is 155 g/mol. The number of allylic oxidation sites excluding steroid dienone is 2. The van der Waals surface area contributed by atoms with Crippen molar-refractivity contribution in [1.29, 1.82) is 0 Å². The van der Waals surface area contributed by atoms with E-state index in [1.54, 1.807) is 0 Å². The quantitative estimate of drug-likeness (QED) is 0.648. The Bertz CT molecular complexity index is 125. The van der Waals surface area contributed by atoms with Gasteiger partial charge in [0.2, 0.25) is 0 Å². The molecule has 0 radical (unpaired) electrons. The summed E-state index contributed by atoms with van der Waals surface area (Å²) in [5, 5.41) is 0. The average molecular weight is 155 g/mol. The smallest absolute Gasteiger partial charge is 0.00694 e. The molecule has 1 heteroatoms. The molecule has 0 unspecified atom stereocenters. The number of hydrogen-bond donors (Lipinski definition) is 1. The molecule has 11 heavy (non-hydrogen) atoms. The molecule has 2 N–H and O–H groups in total. The van der Waals surface area contributed by atoms with Gasteiger partial charge in [-0.05, 0) is 26.2 Å². The zero-order valence-electron chi connectivity index (χ0n) is 8.11. The Hall–Kier alpha value is -0.460. The van der Waals surface area contributed by atoms with Crippen molar-refractivity contribution in [1.82, 2.24) is 0 Å². The van der Waals surface area contributed by atoms with E-state index in [1.165, 1.54) is 24.8 Å². The molecule has 0 heterocycles. The minimum atomic E-state index is 1.07. The largest absolute Gasteiger partial charge is 0.402 e. The van der Waals surface area contributed by atoms with E-state index >= 15 is 0 Å². The molecule has 0 aliphatic rings. The van der Waals surface area contributed by atoms with Gasteiger partial charge < -0.3 is 5.73 Å². The Morgan fingerprint density at radius 2 is 1.73 bits per heavy atom. The van der Waals surface area contributed by atoms with Gasteiger partial charge >= 0.3 is 0 Å². The third-order valence-corrected chi connectivity index (χ3v) is 1.97. The van der Waals surface area contributed by atoms with Crippen LogP contribution in [-0.4, -0.2) is 0 Å².